The lowest BCUT2D eigenvalue weighted by molar-refractivity contribution is -0.137. The Bertz CT molecular complexity index is 494. The Morgan fingerprint density at radius 2 is 1.94 bits per heavy atom. The first-order valence-electron chi connectivity index (χ1n) is 4.61. The highest BCUT2D eigenvalue weighted by atomic mass is 79.9. The Kier molecular flexibility index (Phi) is 4.67. The summed E-state index contributed by atoms with van der Waals surface area (Å²) < 4.78 is 29.3. The molecule has 0 amide bonds. The summed E-state index contributed by atoms with van der Waals surface area (Å²) in [5.74, 6) is -1.42. The maximum atomic E-state index is 12.0. The first-order chi connectivity index (χ1) is 7.89. The van der Waals surface area contributed by atoms with Crippen molar-refractivity contribution in [2.75, 3.05) is 13.7 Å². The van der Waals surface area contributed by atoms with Gasteiger partial charge in [-0.05, 0) is 24.3 Å². The Morgan fingerprint density at radius 1 is 1.41 bits per heavy atom. The van der Waals surface area contributed by atoms with Crippen LogP contribution in [0.1, 0.15) is 0 Å². The minimum atomic E-state index is -3.92. The van der Waals surface area contributed by atoms with Crippen molar-refractivity contribution >= 4 is 31.7 Å². The molecule has 7 heteroatoms. The first-order valence-corrected chi connectivity index (χ1v) is 6.94. The van der Waals surface area contributed by atoms with Gasteiger partial charge in [0, 0.05) is 11.6 Å². The number of carboxylic acids is 1. The summed E-state index contributed by atoms with van der Waals surface area (Å²) in [5, 5.41) is 7.30. The molecule has 0 aliphatic carbocycles. The second-order valence-electron chi connectivity index (χ2n) is 3.28. The van der Waals surface area contributed by atoms with Crippen LogP contribution in [0.4, 0.5) is 0 Å². The average Bonchev–Trinajstić information content (AvgIpc) is 2.25. The normalized spacial score (nSPS) is 13.3. The maximum Gasteiger partial charge on any atom is 0.324 e. The summed E-state index contributed by atoms with van der Waals surface area (Å²) in [6.07, 6.45) is 0. The molecule has 0 heterocycles. The van der Waals surface area contributed by atoms with Crippen LogP contribution >= 0.6 is 15.9 Å². The predicted octanol–water partition coefficient (Wildman–Crippen LogP) is 1.32. The second-order valence-corrected chi connectivity index (χ2v) is 6.33. The highest BCUT2D eigenvalue weighted by Crippen LogP contribution is 2.19. The molecule has 0 aliphatic rings. The zero-order chi connectivity index (χ0) is 13.1. The number of rotatable bonds is 5. The molecule has 1 aromatic carbocycles. The highest BCUT2D eigenvalue weighted by Gasteiger charge is 2.33. The molecule has 17 heavy (non-hydrogen) atoms. The van der Waals surface area contributed by atoms with Crippen molar-refractivity contribution in [2.45, 2.75) is 10.1 Å². The SMILES string of the molecule is COCC(C(=O)O)S(=O)(=O)c1ccc(Br)cc1. The van der Waals surface area contributed by atoms with Crippen molar-refractivity contribution in [3.63, 3.8) is 0 Å². The van der Waals surface area contributed by atoms with E-state index in [9.17, 15) is 13.2 Å². The van der Waals surface area contributed by atoms with Crippen LogP contribution in [0.3, 0.4) is 0 Å². The third kappa shape index (κ3) is 3.27. The summed E-state index contributed by atoms with van der Waals surface area (Å²) in [6.45, 7) is -0.381. The topological polar surface area (TPSA) is 80.7 Å². The van der Waals surface area contributed by atoms with E-state index in [1.54, 1.807) is 12.1 Å². The smallest absolute Gasteiger partial charge is 0.324 e. The highest BCUT2D eigenvalue weighted by molar-refractivity contribution is 9.10. The number of halogens is 1. The molecule has 0 saturated heterocycles. The average molecular weight is 323 g/mol. The van der Waals surface area contributed by atoms with Crippen LogP contribution in [0, 0.1) is 0 Å². The number of carboxylic acid groups (broad SMARTS) is 1. The Balaban J connectivity index is 3.16. The lowest BCUT2D eigenvalue weighted by atomic mass is 10.4. The van der Waals surface area contributed by atoms with Crippen LogP contribution in [-0.2, 0) is 19.4 Å². The number of hydrogen-bond donors (Lipinski definition) is 1. The minimum Gasteiger partial charge on any atom is -0.480 e. The number of ether oxygens (including phenoxy) is 1. The molecule has 94 valence electrons. The maximum absolute atomic E-state index is 12.0. The molecule has 0 aromatic heterocycles. The lowest BCUT2D eigenvalue weighted by Gasteiger charge is -2.12. The molecule has 1 unspecified atom stereocenters. The van der Waals surface area contributed by atoms with Gasteiger partial charge in [-0.3, -0.25) is 4.79 Å². The zero-order valence-corrected chi connectivity index (χ0v) is 11.4. The van der Waals surface area contributed by atoms with Gasteiger partial charge in [-0.15, -0.1) is 0 Å². The molecular formula is C10H11BrO5S. The van der Waals surface area contributed by atoms with Crippen molar-refractivity contribution in [2.24, 2.45) is 0 Å². The van der Waals surface area contributed by atoms with E-state index in [0.717, 1.165) is 4.47 Å². The third-order valence-electron chi connectivity index (χ3n) is 2.11. The van der Waals surface area contributed by atoms with Crippen LogP contribution in [0.15, 0.2) is 33.6 Å². The van der Waals surface area contributed by atoms with E-state index in [2.05, 4.69) is 20.7 Å². The van der Waals surface area contributed by atoms with Crippen LogP contribution in [0.5, 0.6) is 0 Å². The summed E-state index contributed by atoms with van der Waals surface area (Å²) in [7, 11) is -2.67. The van der Waals surface area contributed by atoms with Crippen molar-refractivity contribution < 1.29 is 23.1 Å². The van der Waals surface area contributed by atoms with Crippen LogP contribution < -0.4 is 0 Å². The van der Waals surface area contributed by atoms with Crippen LogP contribution in [0.25, 0.3) is 0 Å². The third-order valence-corrected chi connectivity index (χ3v) is 4.65. The van der Waals surface area contributed by atoms with E-state index >= 15 is 0 Å². The predicted molar refractivity (Wildman–Crippen MR) is 64.6 cm³/mol. The van der Waals surface area contributed by atoms with Gasteiger partial charge in [0.05, 0.1) is 11.5 Å². The molecule has 0 fully saturated rings. The molecule has 1 atom stereocenters. The fourth-order valence-electron chi connectivity index (χ4n) is 1.23. The summed E-state index contributed by atoms with van der Waals surface area (Å²) in [5.41, 5.74) is 0. The molecule has 1 N–H and O–H groups in total. The largest absolute Gasteiger partial charge is 0.480 e. The summed E-state index contributed by atoms with van der Waals surface area (Å²) >= 11 is 3.17. The second kappa shape index (κ2) is 5.61. The Hall–Kier alpha value is -0.920. The Labute approximate surface area is 107 Å². The van der Waals surface area contributed by atoms with E-state index in [0.29, 0.717) is 0 Å². The molecule has 0 spiro atoms. The van der Waals surface area contributed by atoms with Crippen molar-refractivity contribution in [3.8, 4) is 0 Å². The number of aliphatic carboxylic acids is 1. The monoisotopic (exact) mass is 322 g/mol. The zero-order valence-electron chi connectivity index (χ0n) is 8.96. The van der Waals surface area contributed by atoms with Crippen molar-refractivity contribution in [1.29, 1.82) is 0 Å². The molecule has 1 aromatic rings. The van der Waals surface area contributed by atoms with Gasteiger partial charge in [-0.25, -0.2) is 8.42 Å². The van der Waals surface area contributed by atoms with Crippen molar-refractivity contribution in [3.05, 3.63) is 28.7 Å². The number of methoxy groups -OCH3 is 1. The molecular weight excluding hydrogens is 312 g/mol. The Morgan fingerprint density at radius 3 is 2.35 bits per heavy atom. The van der Waals surface area contributed by atoms with Gasteiger partial charge < -0.3 is 9.84 Å². The van der Waals surface area contributed by atoms with Gasteiger partial charge >= 0.3 is 5.97 Å². The van der Waals surface area contributed by atoms with E-state index < -0.39 is 21.1 Å². The number of carbonyl (C=O) groups is 1. The minimum absolute atomic E-state index is 0.0369. The molecule has 1 rings (SSSR count). The quantitative estimate of drug-likeness (QED) is 0.884. The van der Waals surface area contributed by atoms with Gasteiger partial charge in [0.1, 0.15) is 0 Å². The number of sulfone groups is 1. The van der Waals surface area contributed by atoms with E-state index in [1.807, 2.05) is 0 Å². The van der Waals surface area contributed by atoms with Crippen LogP contribution in [0.2, 0.25) is 0 Å². The van der Waals surface area contributed by atoms with Gasteiger partial charge in [0.25, 0.3) is 0 Å². The standard InChI is InChI=1S/C10H11BrO5S/c1-16-6-9(10(12)13)17(14,15)8-4-2-7(11)3-5-8/h2-5,9H,6H2,1H3,(H,12,13). The van der Waals surface area contributed by atoms with Crippen molar-refractivity contribution in [1.82, 2.24) is 0 Å². The molecule has 0 saturated carbocycles. The fourth-order valence-corrected chi connectivity index (χ4v) is 2.92. The molecule has 5 nitrogen and oxygen atoms in total. The lowest BCUT2D eigenvalue weighted by Crippen LogP contribution is -2.34. The fraction of sp³-hybridized carbons (Fsp3) is 0.300. The number of hydrogen-bond acceptors (Lipinski definition) is 4. The van der Waals surface area contributed by atoms with Gasteiger partial charge in [-0.2, -0.15) is 0 Å². The molecule has 0 aliphatic heterocycles. The van der Waals surface area contributed by atoms with E-state index in [1.165, 1.54) is 19.2 Å². The van der Waals surface area contributed by atoms with Gasteiger partial charge in [0.15, 0.2) is 15.1 Å². The molecule has 0 bridgehead atoms. The van der Waals surface area contributed by atoms with E-state index in [-0.39, 0.29) is 11.5 Å². The first kappa shape index (κ1) is 14.1. The summed E-state index contributed by atoms with van der Waals surface area (Å²) in [6, 6.07) is 5.78. The summed E-state index contributed by atoms with van der Waals surface area (Å²) in [4.78, 5) is 10.9. The number of benzene rings is 1. The van der Waals surface area contributed by atoms with Gasteiger partial charge in [0.2, 0.25) is 0 Å². The molecule has 0 radical (unpaired) electrons. The van der Waals surface area contributed by atoms with Gasteiger partial charge in [-0.1, -0.05) is 15.9 Å². The van der Waals surface area contributed by atoms with E-state index in [4.69, 9.17) is 5.11 Å². The van der Waals surface area contributed by atoms with Crippen LogP contribution in [-0.4, -0.2) is 38.5 Å².